The molecule has 2 aromatic rings. The highest BCUT2D eigenvalue weighted by molar-refractivity contribution is 6.31. The minimum Gasteiger partial charge on any atom is -0.496 e. The van der Waals surface area contributed by atoms with Crippen molar-refractivity contribution >= 4 is 28.5 Å². The molecule has 0 bridgehead atoms. The molecule has 0 atom stereocenters. The van der Waals surface area contributed by atoms with E-state index in [9.17, 15) is 4.79 Å². The number of aromatic nitrogens is 1. The number of carboxylic acids is 1. The molecule has 5 heteroatoms. The molecule has 0 radical (unpaired) electrons. The number of methoxy groups -OCH3 is 1. The maximum absolute atomic E-state index is 10.7. The number of rotatable bonds is 3. The Balaban J connectivity index is 2.64. The summed E-state index contributed by atoms with van der Waals surface area (Å²) in [6.45, 7) is 0. The summed E-state index contributed by atoms with van der Waals surface area (Å²) < 4.78 is 5.19. The number of aliphatic carboxylic acids is 1. The molecule has 0 spiro atoms. The third-order valence-electron chi connectivity index (χ3n) is 2.35. The van der Waals surface area contributed by atoms with Gasteiger partial charge in [0.15, 0.2) is 0 Å². The first-order valence-electron chi connectivity index (χ1n) is 4.67. The van der Waals surface area contributed by atoms with Crippen molar-refractivity contribution < 1.29 is 14.6 Å². The summed E-state index contributed by atoms with van der Waals surface area (Å²) in [7, 11) is 1.53. The Kier molecular flexibility index (Phi) is 2.75. The molecule has 0 amide bonds. The molecule has 2 rings (SSSR count). The third kappa shape index (κ3) is 1.84. The van der Waals surface area contributed by atoms with Crippen LogP contribution in [0.5, 0.6) is 5.75 Å². The van der Waals surface area contributed by atoms with Gasteiger partial charge in [0.25, 0.3) is 0 Å². The van der Waals surface area contributed by atoms with E-state index in [1.165, 1.54) is 7.11 Å². The molecule has 1 aromatic heterocycles. The standard InChI is InChI=1S/C11H10ClNO3/c1-16-9-4-7(12)3-8-11(9)6(5-13-8)2-10(14)15/h3-5,13H,2H2,1H3,(H,14,15). The summed E-state index contributed by atoms with van der Waals surface area (Å²) in [5, 5.41) is 10.1. The van der Waals surface area contributed by atoms with Gasteiger partial charge in [-0.1, -0.05) is 11.6 Å². The predicted molar refractivity (Wildman–Crippen MR) is 61.2 cm³/mol. The van der Waals surface area contributed by atoms with E-state index in [1.54, 1.807) is 18.3 Å². The molecular weight excluding hydrogens is 230 g/mol. The quantitative estimate of drug-likeness (QED) is 0.865. The van der Waals surface area contributed by atoms with Crippen molar-refractivity contribution in [3.63, 3.8) is 0 Å². The van der Waals surface area contributed by atoms with Crippen molar-refractivity contribution in [2.75, 3.05) is 7.11 Å². The minimum absolute atomic E-state index is 0.0437. The highest BCUT2D eigenvalue weighted by Crippen LogP contribution is 2.32. The van der Waals surface area contributed by atoms with Crippen LogP contribution in [0.3, 0.4) is 0 Å². The largest absolute Gasteiger partial charge is 0.496 e. The molecule has 0 aliphatic carbocycles. The number of carboxylic acid groups (broad SMARTS) is 1. The molecule has 1 aromatic carbocycles. The number of H-pyrrole nitrogens is 1. The lowest BCUT2D eigenvalue weighted by Gasteiger charge is -2.04. The van der Waals surface area contributed by atoms with Crippen LogP contribution in [0.15, 0.2) is 18.3 Å². The predicted octanol–water partition coefficient (Wildman–Crippen LogP) is 2.46. The molecule has 0 aliphatic rings. The molecule has 0 unspecified atom stereocenters. The highest BCUT2D eigenvalue weighted by atomic mass is 35.5. The number of aromatic amines is 1. The monoisotopic (exact) mass is 239 g/mol. The Morgan fingerprint density at radius 3 is 2.94 bits per heavy atom. The smallest absolute Gasteiger partial charge is 0.307 e. The second-order valence-corrected chi connectivity index (χ2v) is 3.85. The number of fused-ring (bicyclic) bond motifs is 1. The van der Waals surface area contributed by atoms with Crippen LogP contribution in [0.25, 0.3) is 10.9 Å². The van der Waals surface area contributed by atoms with Gasteiger partial charge in [-0.15, -0.1) is 0 Å². The Labute approximate surface area is 96.8 Å². The number of hydrogen-bond donors (Lipinski definition) is 2. The summed E-state index contributed by atoms with van der Waals surface area (Å²) in [5.41, 5.74) is 1.47. The first kappa shape index (κ1) is 10.8. The molecule has 0 saturated heterocycles. The van der Waals surface area contributed by atoms with Gasteiger partial charge in [0.2, 0.25) is 0 Å². The van der Waals surface area contributed by atoms with E-state index in [1.807, 2.05) is 0 Å². The third-order valence-corrected chi connectivity index (χ3v) is 2.57. The van der Waals surface area contributed by atoms with Crippen LogP contribution in [-0.2, 0) is 11.2 Å². The molecule has 1 heterocycles. The fourth-order valence-corrected chi connectivity index (χ4v) is 1.94. The first-order chi connectivity index (χ1) is 7.61. The lowest BCUT2D eigenvalue weighted by atomic mass is 10.1. The summed E-state index contributed by atoms with van der Waals surface area (Å²) >= 11 is 5.90. The molecule has 0 saturated carbocycles. The van der Waals surface area contributed by atoms with Crippen LogP contribution in [0.4, 0.5) is 0 Å². The van der Waals surface area contributed by atoms with E-state index >= 15 is 0 Å². The van der Waals surface area contributed by atoms with Crippen LogP contribution in [0, 0.1) is 0 Å². The summed E-state index contributed by atoms with van der Waals surface area (Å²) in [6.07, 6.45) is 1.62. The topological polar surface area (TPSA) is 62.3 Å². The van der Waals surface area contributed by atoms with Crippen LogP contribution >= 0.6 is 11.6 Å². The molecule has 4 nitrogen and oxygen atoms in total. The second-order valence-electron chi connectivity index (χ2n) is 3.42. The molecule has 2 N–H and O–H groups in total. The van der Waals surface area contributed by atoms with Crippen LogP contribution < -0.4 is 4.74 Å². The Morgan fingerprint density at radius 2 is 2.31 bits per heavy atom. The zero-order valence-electron chi connectivity index (χ0n) is 8.58. The fourth-order valence-electron chi connectivity index (χ4n) is 1.73. The summed E-state index contributed by atoms with van der Waals surface area (Å²) in [5.74, 6) is -0.294. The lowest BCUT2D eigenvalue weighted by molar-refractivity contribution is -0.136. The van der Waals surface area contributed by atoms with Gasteiger partial charge in [-0.05, 0) is 17.7 Å². The summed E-state index contributed by atoms with van der Waals surface area (Å²) in [4.78, 5) is 13.7. The maximum Gasteiger partial charge on any atom is 0.307 e. The number of halogens is 1. The van der Waals surface area contributed by atoms with E-state index in [0.717, 1.165) is 10.9 Å². The molecule has 0 fully saturated rings. The normalized spacial score (nSPS) is 10.6. The van der Waals surface area contributed by atoms with Gasteiger partial charge in [0, 0.05) is 16.6 Å². The Hall–Kier alpha value is -1.68. The van der Waals surface area contributed by atoms with Gasteiger partial charge in [-0.2, -0.15) is 0 Å². The molecule has 16 heavy (non-hydrogen) atoms. The number of hydrogen-bond acceptors (Lipinski definition) is 2. The van der Waals surface area contributed by atoms with Crippen molar-refractivity contribution in [1.82, 2.24) is 4.98 Å². The van der Waals surface area contributed by atoms with Crippen LogP contribution in [0.1, 0.15) is 5.56 Å². The average molecular weight is 240 g/mol. The maximum atomic E-state index is 10.7. The van der Waals surface area contributed by atoms with Gasteiger partial charge in [0.05, 0.1) is 19.0 Å². The minimum atomic E-state index is -0.877. The number of ether oxygens (including phenoxy) is 1. The van der Waals surface area contributed by atoms with E-state index in [-0.39, 0.29) is 6.42 Å². The van der Waals surface area contributed by atoms with E-state index in [2.05, 4.69) is 4.98 Å². The molecule has 0 aliphatic heterocycles. The van der Waals surface area contributed by atoms with Gasteiger partial charge in [-0.25, -0.2) is 0 Å². The number of nitrogens with one attached hydrogen (secondary N) is 1. The van der Waals surface area contributed by atoms with Gasteiger partial charge >= 0.3 is 5.97 Å². The number of carbonyl (C=O) groups is 1. The lowest BCUT2D eigenvalue weighted by Crippen LogP contribution is -1.99. The van der Waals surface area contributed by atoms with Crippen LogP contribution in [0.2, 0.25) is 5.02 Å². The fraction of sp³-hybridized carbons (Fsp3) is 0.182. The van der Waals surface area contributed by atoms with E-state index in [0.29, 0.717) is 16.3 Å². The van der Waals surface area contributed by atoms with Crippen molar-refractivity contribution in [3.05, 3.63) is 28.9 Å². The molecule has 84 valence electrons. The van der Waals surface area contributed by atoms with Crippen molar-refractivity contribution in [3.8, 4) is 5.75 Å². The van der Waals surface area contributed by atoms with Gasteiger partial charge < -0.3 is 14.8 Å². The zero-order chi connectivity index (χ0) is 11.7. The Morgan fingerprint density at radius 1 is 1.56 bits per heavy atom. The zero-order valence-corrected chi connectivity index (χ0v) is 9.34. The average Bonchev–Trinajstić information content (AvgIpc) is 2.59. The second kappa shape index (κ2) is 4.06. The van der Waals surface area contributed by atoms with Gasteiger partial charge in [0.1, 0.15) is 5.75 Å². The van der Waals surface area contributed by atoms with E-state index in [4.69, 9.17) is 21.4 Å². The van der Waals surface area contributed by atoms with Gasteiger partial charge in [-0.3, -0.25) is 4.79 Å². The highest BCUT2D eigenvalue weighted by Gasteiger charge is 2.12. The van der Waals surface area contributed by atoms with Crippen molar-refractivity contribution in [2.24, 2.45) is 0 Å². The Bertz CT molecular complexity index is 547. The van der Waals surface area contributed by atoms with Crippen LogP contribution in [-0.4, -0.2) is 23.2 Å². The number of benzene rings is 1. The SMILES string of the molecule is COc1cc(Cl)cc2[nH]cc(CC(=O)O)c12. The van der Waals surface area contributed by atoms with Crippen molar-refractivity contribution in [2.45, 2.75) is 6.42 Å². The summed E-state index contributed by atoms with van der Waals surface area (Å²) in [6, 6.07) is 3.41. The van der Waals surface area contributed by atoms with Crippen molar-refractivity contribution in [1.29, 1.82) is 0 Å². The van der Waals surface area contributed by atoms with E-state index < -0.39 is 5.97 Å². The first-order valence-corrected chi connectivity index (χ1v) is 5.05. The molecular formula is C11H10ClNO3.